The number of benzene rings is 1. The van der Waals surface area contributed by atoms with Gasteiger partial charge in [0.15, 0.2) is 0 Å². The number of hydrogen-bond acceptors (Lipinski definition) is 8. The van der Waals surface area contributed by atoms with E-state index in [4.69, 9.17) is 10.2 Å². The van der Waals surface area contributed by atoms with Crippen molar-refractivity contribution in [3.63, 3.8) is 0 Å². The topological polar surface area (TPSA) is 147 Å². The van der Waals surface area contributed by atoms with Crippen molar-refractivity contribution in [1.29, 1.82) is 0 Å². The van der Waals surface area contributed by atoms with Crippen LogP contribution in [0.25, 0.3) is 0 Å². The molecule has 0 aliphatic rings. The zero-order valence-corrected chi connectivity index (χ0v) is 12.1. The van der Waals surface area contributed by atoms with E-state index in [-0.39, 0.29) is 13.2 Å². The van der Waals surface area contributed by atoms with Crippen LogP contribution in [0.3, 0.4) is 0 Å². The summed E-state index contributed by atoms with van der Waals surface area (Å²) in [5.74, 6) is -2.28. The van der Waals surface area contributed by atoms with Crippen LogP contribution in [-0.2, 0) is 19.6 Å². The molecule has 1 rings (SSSR count). The molecule has 0 spiro atoms. The van der Waals surface area contributed by atoms with E-state index in [0.29, 0.717) is 0 Å². The lowest BCUT2D eigenvalue weighted by Crippen LogP contribution is -2.19. The molecule has 0 fully saturated rings. The van der Waals surface area contributed by atoms with E-state index in [1.165, 1.54) is 6.07 Å². The van der Waals surface area contributed by atoms with Crippen molar-refractivity contribution in [2.45, 2.75) is 4.90 Å². The number of ether oxygens (including phenoxy) is 2. The highest BCUT2D eigenvalue weighted by atomic mass is 32.2. The lowest BCUT2D eigenvalue weighted by atomic mass is 10.1. The number of esters is 2. The first-order valence-electron chi connectivity index (χ1n) is 5.99. The van der Waals surface area contributed by atoms with Gasteiger partial charge in [0, 0.05) is 0 Å². The Kier molecular flexibility index (Phi) is 6.43. The van der Waals surface area contributed by atoms with Gasteiger partial charge < -0.3 is 19.7 Å². The number of aliphatic hydroxyl groups is 2. The standard InChI is InChI=1S/C12H14O9S/c13-4-6-20-11(15)8-2-1-3-9(10(8)22(17,18)19)12(16)21-7-5-14/h1-3,13-14H,4-7H2,(H,17,18,19). The Bertz CT molecular complexity index is 612. The third-order valence-electron chi connectivity index (χ3n) is 2.36. The molecule has 1 aromatic carbocycles. The van der Waals surface area contributed by atoms with Crippen molar-refractivity contribution in [2.24, 2.45) is 0 Å². The molecular weight excluding hydrogens is 320 g/mol. The van der Waals surface area contributed by atoms with Crippen LogP contribution in [0.15, 0.2) is 23.1 Å². The van der Waals surface area contributed by atoms with Crippen LogP contribution in [0.1, 0.15) is 20.7 Å². The van der Waals surface area contributed by atoms with Crippen molar-refractivity contribution in [2.75, 3.05) is 26.4 Å². The van der Waals surface area contributed by atoms with Crippen LogP contribution in [0.2, 0.25) is 0 Å². The molecular formula is C12H14O9S. The van der Waals surface area contributed by atoms with Gasteiger partial charge in [-0.2, -0.15) is 8.42 Å². The van der Waals surface area contributed by atoms with E-state index in [2.05, 4.69) is 9.47 Å². The van der Waals surface area contributed by atoms with Crippen LogP contribution < -0.4 is 0 Å². The molecule has 0 unspecified atom stereocenters. The minimum Gasteiger partial charge on any atom is -0.460 e. The van der Waals surface area contributed by atoms with E-state index < -0.39 is 51.3 Å². The normalized spacial score (nSPS) is 11.0. The quantitative estimate of drug-likeness (QED) is 0.432. The molecule has 0 amide bonds. The maximum absolute atomic E-state index is 11.8. The van der Waals surface area contributed by atoms with Gasteiger partial charge in [-0.25, -0.2) is 9.59 Å². The molecule has 0 aliphatic carbocycles. The van der Waals surface area contributed by atoms with Crippen LogP contribution in [0.4, 0.5) is 0 Å². The molecule has 0 saturated carbocycles. The molecule has 0 bridgehead atoms. The number of hydrogen-bond donors (Lipinski definition) is 3. The summed E-state index contributed by atoms with van der Waals surface area (Å²) in [7, 11) is -4.93. The maximum Gasteiger partial charge on any atom is 0.339 e. The number of rotatable bonds is 7. The maximum atomic E-state index is 11.8. The molecule has 0 aliphatic heterocycles. The zero-order valence-electron chi connectivity index (χ0n) is 11.3. The van der Waals surface area contributed by atoms with Gasteiger partial charge in [-0.1, -0.05) is 6.07 Å². The van der Waals surface area contributed by atoms with E-state index >= 15 is 0 Å². The van der Waals surface area contributed by atoms with Crippen molar-refractivity contribution in [1.82, 2.24) is 0 Å². The van der Waals surface area contributed by atoms with Crippen molar-refractivity contribution >= 4 is 22.1 Å². The molecule has 0 atom stereocenters. The largest absolute Gasteiger partial charge is 0.460 e. The van der Waals surface area contributed by atoms with Crippen LogP contribution in [-0.4, -0.2) is 61.5 Å². The molecule has 0 heterocycles. The fourth-order valence-electron chi connectivity index (χ4n) is 1.57. The van der Waals surface area contributed by atoms with Gasteiger partial charge in [0.05, 0.1) is 24.3 Å². The van der Waals surface area contributed by atoms with Crippen LogP contribution in [0.5, 0.6) is 0 Å². The first kappa shape index (κ1) is 18.0. The first-order valence-corrected chi connectivity index (χ1v) is 7.43. The molecule has 1 aromatic rings. The second kappa shape index (κ2) is 7.84. The van der Waals surface area contributed by atoms with E-state index in [1.807, 2.05) is 0 Å². The lowest BCUT2D eigenvalue weighted by Gasteiger charge is -2.11. The summed E-state index contributed by atoms with van der Waals surface area (Å²) in [6.07, 6.45) is 0. The van der Waals surface area contributed by atoms with Crippen molar-refractivity contribution < 1.29 is 42.2 Å². The SMILES string of the molecule is O=C(OCCO)c1cccc(C(=O)OCCO)c1S(=O)(=O)O. The Morgan fingerprint density at radius 1 is 0.955 bits per heavy atom. The van der Waals surface area contributed by atoms with Crippen molar-refractivity contribution in [3.05, 3.63) is 29.3 Å². The number of carbonyl (C=O) groups excluding carboxylic acids is 2. The van der Waals surface area contributed by atoms with Crippen molar-refractivity contribution in [3.8, 4) is 0 Å². The summed E-state index contributed by atoms with van der Waals surface area (Å²) in [4.78, 5) is 22.6. The molecule has 22 heavy (non-hydrogen) atoms. The average Bonchev–Trinajstić information content (AvgIpc) is 2.48. The minimum atomic E-state index is -4.93. The van der Waals surface area contributed by atoms with Gasteiger partial charge in [0.25, 0.3) is 10.1 Å². The monoisotopic (exact) mass is 334 g/mol. The summed E-state index contributed by atoms with van der Waals surface area (Å²) in [5, 5.41) is 17.2. The van der Waals surface area contributed by atoms with Gasteiger partial charge in [-0.15, -0.1) is 0 Å². The number of aliphatic hydroxyl groups excluding tert-OH is 2. The fourth-order valence-corrected chi connectivity index (χ4v) is 2.43. The third kappa shape index (κ3) is 4.49. The van der Waals surface area contributed by atoms with Crippen LogP contribution in [0, 0.1) is 0 Å². The van der Waals surface area contributed by atoms with Gasteiger partial charge >= 0.3 is 11.9 Å². The molecule has 10 heteroatoms. The lowest BCUT2D eigenvalue weighted by molar-refractivity contribution is 0.0420. The van der Waals surface area contributed by atoms with E-state index in [0.717, 1.165) is 12.1 Å². The fraction of sp³-hybridized carbons (Fsp3) is 0.333. The van der Waals surface area contributed by atoms with Gasteiger partial charge in [0.1, 0.15) is 18.1 Å². The van der Waals surface area contributed by atoms with Gasteiger partial charge in [0.2, 0.25) is 0 Å². The summed E-state index contributed by atoms with van der Waals surface area (Å²) in [5.41, 5.74) is -1.15. The van der Waals surface area contributed by atoms with E-state index in [1.54, 1.807) is 0 Å². The Morgan fingerprint density at radius 3 is 1.68 bits per heavy atom. The first-order chi connectivity index (χ1) is 10.3. The highest BCUT2D eigenvalue weighted by molar-refractivity contribution is 7.86. The molecule has 122 valence electrons. The van der Waals surface area contributed by atoms with Gasteiger partial charge in [-0.05, 0) is 12.1 Å². The molecule has 0 saturated heterocycles. The predicted octanol–water partition coefficient (Wildman–Crippen LogP) is -0.768. The molecule has 9 nitrogen and oxygen atoms in total. The number of carbonyl (C=O) groups is 2. The zero-order chi connectivity index (χ0) is 16.8. The van der Waals surface area contributed by atoms with E-state index in [9.17, 15) is 22.6 Å². The summed E-state index contributed by atoms with van der Waals surface area (Å²) < 4.78 is 41.3. The summed E-state index contributed by atoms with van der Waals surface area (Å²) >= 11 is 0. The second-order valence-electron chi connectivity index (χ2n) is 3.88. The van der Waals surface area contributed by atoms with Crippen LogP contribution >= 0.6 is 0 Å². The summed E-state index contributed by atoms with van der Waals surface area (Å²) in [6, 6.07) is 3.26. The highest BCUT2D eigenvalue weighted by Gasteiger charge is 2.29. The Morgan fingerprint density at radius 2 is 1.36 bits per heavy atom. The molecule has 3 N–H and O–H groups in total. The molecule has 0 aromatic heterocycles. The van der Waals surface area contributed by atoms with Gasteiger partial charge in [-0.3, -0.25) is 4.55 Å². The second-order valence-corrected chi connectivity index (χ2v) is 5.23. The average molecular weight is 334 g/mol. The summed E-state index contributed by atoms with van der Waals surface area (Å²) in [6.45, 7) is -1.73. The third-order valence-corrected chi connectivity index (χ3v) is 3.32. The Balaban J connectivity index is 3.35. The minimum absolute atomic E-state index is 0.386. The predicted molar refractivity (Wildman–Crippen MR) is 71.0 cm³/mol. The highest BCUT2D eigenvalue weighted by Crippen LogP contribution is 2.22. The molecule has 0 radical (unpaired) electrons. The Hall–Kier alpha value is -2.01. The Labute approximate surface area is 125 Å². The smallest absolute Gasteiger partial charge is 0.339 e.